The van der Waals surface area contributed by atoms with Gasteiger partial charge in [0.05, 0.1) is 24.8 Å². The van der Waals surface area contributed by atoms with E-state index in [1.54, 1.807) is 12.1 Å². The van der Waals surface area contributed by atoms with Crippen LogP contribution in [0, 0.1) is 0 Å². The molecule has 0 unspecified atom stereocenters. The number of rotatable bonds is 5. The van der Waals surface area contributed by atoms with E-state index in [9.17, 15) is 14.4 Å². The van der Waals surface area contributed by atoms with Gasteiger partial charge in [0.25, 0.3) is 5.91 Å². The zero-order chi connectivity index (χ0) is 19.6. The highest BCUT2D eigenvalue weighted by Gasteiger charge is 2.39. The quantitative estimate of drug-likeness (QED) is 0.645. The van der Waals surface area contributed by atoms with E-state index in [2.05, 4.69) is 10.1 Å². The summed E-state index contributed by atoms with van der Waals surface area (Å²) in [6.07, 6.45) is 0.0764. The average Bonchev–Trinajstić information content (AvgIpc) is 2.95. The Labute approximate surface area is 157 Å². The van der Waals surface area contributed by atoms with Crippen LogP contribution in [0.4, 0.5) is 17.1 Å². The Morgan fingerprint density at radius 2 is 1.70 bits per heavy atom. The molecule has 140 valence electrons. The second-order valence-corrected chi connectivity index (χ2v) is 6.45. The number of benzene rings is 2. The molecule has 7 heteroatoms. The van der Waals surface area contributed by atoms with E-state index < -0.39 is 12.0 Å². The normalized spacial score (nSPS) is 16.4. The summed E-state index contributed by atoms with van der Waals surface area (Å²) in [4.78, 5) is 39.7. The fourth-order valence-corrected chi connectivity index (χ4v) is 2.94. The number of carbonyl (C=O) groups excluding carboxylic acids is 3. The molecule has 7 nitrogen and oxygen atoms in total. The zero-order valence-electron chi connectivity index (χ0n) is 15.4. The molecule has 0 radical (unpaired) electrons. The van der Waals surface area contributed by atoms with Crippen LogP contribution in [0.25, 0.3) is 0 Å². The van der Waals surface area contributed by atoms with Crippen LogP contribution in [-0.2, 0) is 14.3 Å². The Bertz CT molecular complexity index is 860. The van der Waals surface area contributed by atoms with E-state index in [4.69, 9.17) is 0 Å². The zero-order valence-corrected chi connectivity index (χ0v) is 15.4. The molecule has 1 N–H and O–H groups in total. The van der Waals surface area contributed by atoms with Gasteiger partial charge in [-0.1, -0.05) is 0 Å². The van der Waals surface area contributed by atoms with E-state index in [0.717, 1.165) is 16.3 Å². The predicted octanol–water partition coefficient (Wildman–Crippen LogP) is 2.28. The molecule has 2 amide bonds. The number of esters is 1. The van der Waals surface area contributed by atoms with Crippen LogP contribution in [0.2, 0.25) is 0 Å². The lowest BCUT2D eigenvalue weighted by Gasteiger charge is -2.17. The molecule has 3 rings (SSSR count). The first kappa shape index (κ1) is 18.4. The molecule has 2 aromatic carbocycles. The third-order valence-electron chi connectivity index (χ3n) is 4.42. The van der Waals surface area contributed by atoms with Gasteiger partial charge in [0, 0.05) is 25.5 Å². The molecule has 0 aromatic heterocycles. The number of imide groups is 1. The van der Waals surface area contributed by atoms with Crippen LogP contribution in [0.3, 0.4) is 0 Å². The van der Waals surface area contributed by atoms with Crippen molar-refractivity contribution in [3.8, 4) is 0 Å². The fourth-order valence-electron chi connectivity index (χ4n) is 2.94. The minimum Gasteiger partial charge on any atom is -0.465 e. The molecule has 0 spiro atoms. The molecule has 1 saturated heterocycles. The van der Waals surface area contributed by atoms with Crippen LogP contribution in [0.5, 0.6) is 0 Å². The highest BCUT2D eigenvalue weighted by Crippen LogP contribution is 2.26. The lowest BCUT2D eigenvalue weighted by molar-refractivity contribution is -0.121. The van der Waals surface area contributed by atoms with Gasteiger partial charge in [0.1, 0.15) is 6.04 Å². The summed E-state index contributed by atoms with van der Waals surface area (Å²) >= 11 is 0. The van der Waals surface area contributed by atoms with Crippen molar-refractivity contribution in [2.45, 2.75) is 12.5 Å². The topological polar surface area (TPSA) is 79.0 Å². The fraction of sp³-hybridized carbons (Fsp3) is 0.250. The van der Waals surface area contributed by atoms with Crippen molar-refractivity contribution in [3.05, 3.63) is 54.1 Å². The van der Waals surface area contributed by atoms with E-state index in [-0.39, 0.29) is 18.2 Å². The summed E-state index contributed by atoms with van der Waals surface area (Å²) in [5.74, 6) is -1.07. The van der Waals surface area contributed by atoms with Gasteiger partial charge in [-0.15, -0.1) is 0 Å². The van der Waals surface area contributed by atoms with Crippen LogP contribution >= 0.6 is 0 Å². The number of anilines is 3. The molecule has 27 heavy (non-hydrogen) atoms. The second-order valence-electron chi connectivity index (χ2n) is 6.45. The van der Waals surface area contributed by atoms with Crippen molar-refractivity contribution in [1.29, 1.82) is 0 Å². The number of amides is 2. The summed E-state index contributed by atoms with van der Waals surface area (Å²) in [5, 5.41) is 3.12. The van der Waals surface area contributed by atoms with Gasteiger partial charge in [0.2, 0.25) is 5.91 Å². The summed E-state index contributed by atoms with van der Waals surface area (Å²) in [5.41, 5.74) is 2.61. The van der Waals surface area contributed by atoms with Crippen LogP contribution in [0.1, 0.15) is 16.8 Å². The molecule has 1 atom stereocenters. The molecule has 0 bridgehead atoms. The number of ether oxygens (including phenoxy) is 1. The van der Waals surface area contributed by atoms with Crippen molar-refractivity contribution < 1.29 is 19.1 Å². The molecule has 2 aromatic rings. The molecule has 1 fully saturated rings. The maximum absolute atomic E-state index is 12.7. The minimum absolute atomic E-state index is 0.0764. The molecule has 0 aliphatic carbocycles. The van der Waals surface area contributed by atoms with Gasteiger partial charge in [0.15, 0.2) is 0 Å². The molecular weight excluding hydrogens is 346 g/mol. The highest BCUT2D eigenvalue weighted by molar-refractivity contribution is 6.23. The summed E-state index contributed by atoms with van der Waals surface area (Å²) < 4.78 is 4.65. The molecular formula is C20H21N3O4. The predicted molar refractivity (Wildman–Crippen MR) is 103 cm³/mol. The lowest BCUT2D eigenvalue weighted by Crippen LogP contribution is -2.34. The van der Waals surface area contributed by atoms with Crippen molar-refractivity contribution in [2.24, 2.45) is 0 Å². The Hall–Kier alpha value is -3.35. The van der Waals surface area contributed by atoms with Gasteiger partial charge in [-0.25, -0.2) is 9.69 Å². The number of carbonyl (C=O) groups is 3. The van der Waals surface area contributed by atoms with E-state index in [1.165, 1.54) is 19.2 Å². The molecule has 1 aliphatic rings. The number of methoxy groups -OCH3 is 1. The van der Waals surface area contributed by atoms with Gasteiger partial charge in [-0.3, -0.25) is 9.59 Å². The van der Waals surface area contributed by atoms with Crippen molar-refractivity contribution in [3.63, 3.8) is 0 Å². The monoisotopic (exact) mass is 367 g/mol. The Kier molecular flexibility index (Phi) is 5.12. The van der Waals surface area contributed by atoms with Crippen molar-refractivity contribution >= 4 is 34.8 Å². The first-order valence-corrected chi connectivity index (χ1v) is 8.50. The summed E-state index contributed by atoms with van der Waals surface area (Å²) in [6.45, 7) is 0. The molecule has 0 saturated carbocycles. The van der Waals surface area contributed by atoms with Crippen LogP contribution < -0.4 is 15.1 Å². The van der Waals surface area contributed by atoms with Crippen LogP contribution in [-0.4, -0.2) is 45.0 Å². The smallest absolute Gasteiger partial charge is 0.337 e. The molecule has 1 heterocycles. The van der Waals surface area contributed by atoms with Gasteiger partial charge >= 0.3 is 5.97 Å². The van der Waals surface area contributed by atoms with Gasteiger partial charge < -0.3 is 15.0 Å². The number of hydrogen-bond acceptors (Lipinski definition) is 6. The van der Waals surface area contributed by atoms with Gasteiger partial charge in [-0.05, 0) is 48.5 Å². The third kappa shape index (κ3) is 3.76. The third-order valence-corrected chi connectivity index (χ3v) is 4.42. The standard InChI is InChI=1S/C20H21N3O4/c1-22(2)15-10-6-14(7-11-15)21-17-12-18(24)23(19(17)25)16-8-4-13(5-9-16)20(26)27-3/h4-11,17,21H,12H2,1-3H3/t17-/m1/s1. The number of nitrogens with one attached hydrogen (secondary N) is 1. The lowest BCUT2D eigenvalue weighted by atomic mass is 10.2. The number of nitrogens with zero attached hydrogens (tertiary/aromatic N) is 2. The SMILES string of the molecule is COC(=O)c1ccc(N2C(=O)C[C@@H](Nc3ccc(N(C)C)cc3)C2=O)cc1. The summed E-state index contributed by atoms with van der Waals surface area (Å²) in [7, 11) is 5.20. The van der Waals surface area contributed by atoms with Crippen molar-refractivity contribution in [2.75, 3.05) is 36.3 Å². The number of hydrogen-bond donors (Lipinski definition) is 1. The van der Waals surface area contributed by atoms with E-state index in [1.807, 2.05) is 43.3 Å². The first-order chi connectivity index (χ1) is 12.9. The Balaban J connectivity index is 1.73. The maximum atomic E-state index is 12.7. The summed E-state index contributed by atoms with van der Waals surface area (Å²) in [6, 6.07) is 13.2. The van der Waals surface area contributed by atoms with Crippen molar-refractivity contribution in [1.82, 2.24) is 0 Å². The van der Waals surface area contributed by atoms with E-state index in [0.29, 0.717) is 11.3 Å². The Morgan fingerprint density at radius 1 is 1.07 bits per heavy atom. The highest BCUT2D eigenvalue weighted by atomic mass is 16.5. The first-order valence-electron chi connectivity index (χ1n) is 8.50. The van der Waals surface area contributed by atoms with E-state index >= 15 is 0 Å². The molecule has 1 aliphatic heterocycles. The maximum Gasteiger partial charge on any atom is 0.337 e. The minimum atomic E-state index is -0.622. The van der Waals surface area contributed by atoms with Gasteiger partial charge in [-0.2, -0.15) is 0 Å². The van der Waals surface area contributed by atoms with Crippen LogP contribution in [0.15, 0.2) is 48.5 Å². The Morgan fingerprint density at radius 3 is 2.26 bits per heavy atom. The largest absolute Gasteiger partial charge is 0.465 e. The second kappa shape index (κ2) is 7.49. The average molecular weight is 367 g/mol.